The van der Waals surface area contributed by atoms with Gasteiger partial charge in [-0.25, -0.2) is 17.6 Å². The smallest absolute Gasteiger partial charge is 0.167 e. The molecule has 0 saturated carbocycles. The lowest BCUT2D eigenvalue weighted by Crippen LogP contribution is -2.04. The number of rotatable bonds is 11. The SMILES string of the molecule is C=CC1CC=C(c2ccc(-c3ccc(-c4ccc(CCCCCCCC)c(F)c4F)cc3)c(F)c2F)CC1. The molecule has 0 saturated heterocycles. The fraction of sp³-hybridized carbons (Fsp3) is 0.353. The molecule has 1 aliphatic rings. The molecular weight excluding hydrogens is 484 g/mol. The van der Waals surface area contributed by atoms with Crippen molar-refractivity contribution in [3.63, 3.8) is 0 Å². The molecule has 4 rings (SSSR count). The summed E-state index contributed by atoms with van der Waals surface area (Å²) < 4.78 is 59.8. The van der Waals surface area contributed by atoms with E-state index < -0.39 is 23.3 Å². The first-order valence-corrected chi connectivity index (χ1v) is 13.8. The standard InChI is InChI=1S/C34H36F4/c1-3-5-6-7-8-9-10-27-19-20-28(32(36)31(27)35)25-15-17-26(18-16-25)30-22-21-29(33(37)34(30)38)24-13-11-23(4-2)12-14-24/h4,13,15-23H,2-3,5-12,14H2,1H3. The van der Waals surface area contributed by atoms with Gasteiger partial charge in [-0.05, 0) is 60.3 Å². The average Bonchev–Trinajstić information content (AvgIpc) is 2.94. The first kappa shape index (κ1) is 27.9. The Bertz CT molecular complexity index is 1290. The molecule has 0 nitrogen and oxygen atoms in total. The van der Waals surface area contributed by atoms with Crippen LogP contribution in [0.5, 0.6) is 0 Å². The molecule has 0 heterocycles. The maximum atomic E-state index is 15.1. The minimum Gasteiger partial charge on any atom is -0.203 e. The van der Waals surface area contributed by atoms with Crippen LogP contribution in [0.4, 0.5) is 17.6 Å². The van der Waals surface area contributed by atoms with Crippen molar-refractivity contribution in [2.24, 2.45) is 5.92 Å². The normalized spacial score (nSPS) is 15.4. The molecule has 38 heavy (non-hydrogen) atoms. The van der Waals surface area contributed by atoms with Gasteiger partial charge in [-0.3, -0.25) is 0 Å². The van der Waals surface area contributed by atoms with Gasteiger partial charge in [0.1, 0.15) is 0 Å². The second-order valence-electron chi connectivity index (χ2n) is 10.3. The Morgan fingerprint density at radius 2 is 1.26 bits per heavy atom. The van der Waals surface area contributed by atoms with Gasteiger partial charge in [0.05, 0.1) is 0 Å². The van der Waals surface area contributed by atoms with E-state index >= 15 is 8.78 Å². The number of hydrogen-bond donors (Lipinski definition) is 0. The second kappa shape index (κ2) is 13.1. The monoisotopic (exact) mass is 520 g/mol. The van der Waals surface area contributed by atoms with Crippen molar-refractivity contribution in [3.05, 3.63) is 102 Å². The highest BCUT2D eigenvalue weighted by atomic mass is 19.2. The van der Waals surface area contributed by atoms with Gasteiger partial charge in [0.15, 0.2) is 23.3 Å². The quantitative estimate of drug-likeness (QED) is 0.134. The molecule has 0 aromatic heterocycles. The predicted octanol–water partition coefficient (Wildman–Crippen LogP) is 10.8. The zero-order valence-corrected chi connectivity index (χ0v) is 22.1. The van der Waals surface area contributed by atoms with Gasteiger partial charge >= 0.3 is 0 Å². The van der Waals surface area contributed by atoms with Gasteiger partial charge in [-0.2, -0.15) is 0 Å². The van der Waals surface area contributed by atoms with Crippen molar-refractivity contribution in [1.29, 1.82) is 0 Å². The van der Waals surface area contributed by atoms with Crippen LogP contribution in [0.1, 0.15) is 75.8 Å². The fourth-order valence-corrected chi connectivity index (χ4v) is 5.26. The van der Waals surface area contributed by atoms with E-state index in [1.54, 1.807) is 48.5 Å². The number of benzene rings is 3. The fourth-order valence-electron chi connectivity index (χ4n) is 5.26. The van der Waals surface area contributed by atoms with E-state index in [9.17, 15) is 8.78 Å². The highest BCUT2D eigenvalue weighted by Gasteiger charge is 2.21. The molecule has 1 unspecified atom stereocenters. The zero-order chi connectivity index (χ0) is 27.1. The molecule has 3 aromatic rings. The molecule has 0 bridgehead atoms. The van der Waals surface area contributed by atoms with Crippen LogP contribution in [-0.4, -0.2) is 0 Å². The Kier molecular flexibility index (Phi) is 9.60. The summed E-state index contributed by atoms with van der Waals surface area (Å²) in [5.74, 6) is -3.07. The van der Waals surface area contributed by atoms with Crippen molar-refractivity contribution >= 4 is 5.57 Å². The molecule has 3 aromatic carbocycles. The summed E-state index contributed by atoms with van der Waals surface area (Å²) in [5, 5.41) is 0. The first-order chi connectivity index (χ1) is 18.4. The summed E-state index contributed by atoms with van der Waals surface area (Å²) in [7, 11) is 0. The van der Waals surface area contributed by atoms with Crippen LogP contribution >= 0.6 is 0 Å². The molecule has 200 valence electrons. The molecule has 1 atom stereocenters. The van der Waals surface area contributed by atoms with Gasteiger partial charge < -0.3 is 0 Å². The maximum Gasteiger partial charge on any atom is 0.167 e. The lowest BCUT2D eigenvalue weighted by Gasteiger charge is -2.20. The number of halogens is 4. The first-order valence-electron chi connectivity index (χ1n) is 13.8. The summed E-state index contributed by atoms with van der Waals surface area (Å²) >= 11 is 0. The van der Waals surface area contributed by atoms with Crippen LogP contribution in [0.25, 0.3) is 27.8 Å². The second-order valence-corrected chi connectivity index (χ2v) is 10.3. The van der Waals surface area contributed by atoms with Gasteiger partial charge in [0.25, 0.3) is 0 Å². The van der Waals surface area contributed by atoms with Crippen LogP contribution in [0.2, 0.25) is 0 Å². The molecule has 0 spiro atoms. The summed E-state index contributed by atoms with van der Waals surface area (Å²) in [6.45, 7) is 5.98. The lowest BCUT2D eigenvalue weighted by molar-refractivity contribution is 0.497. The van der Waals surface area contributed by atoms with Gasteiger partial charge in [-0.15, -0.1) is 6.58 Å². The van der Waals surface area contributed by atoms with Crippen LogP contribution in [0, 0.1) is 29.2 Å². The van der Waals surface area contributed by atoms with Crippen LogP contribution in [0.15, 0.2) is 67.3 Å². The Morgan fingerprint density at radius 1 is 0.711 bits per heavy atom. The molecular formula is C34H36F4. The third-order valence-electron chi connectivity index (χ3n) is 7.68. The van der Waals surface area contributed by atoms with Crippen molar-refractivity contribution in [2.45, 2.75) is 71.1 Å². The van der Waals surface area contributed by atoms with Gasteiger partial charge in [0.2, 0.25) is 0 Å². The Labute approximate surface area is 224 Å². The number of aryl methyl sites for hydroxylation is 1. The molecule has 1 aliphatic carbocycles. The van der Waals surface area contributed by atoms with E-state index in [2.05, 4.69) is 13.5 Å². The Hall–Kier alpha value is -3.14. The molecule has 0 radical (unpaired) electrons. The van der Waals surface area contributed by atoms with Crippen molar-refractivity contribution in [1.82, 2.24) is 0 Å². The molecule has 0 amide bonds. The van der Waals surface area contributed by atoms with E-state index in [-0.39, 0.29) is 11.1 Å². The van der Waals surface area contributed by atoms with Crippen molar-refractivity contribution in [3.8, 4) is 22.3 Å². The third-order valence-corrected chi connectivity index (χ3v) is 7.68. The number of allylic oxidation sites excluding steroid dienone is 3. The maximum absolute atomic E-state index is 15.1. The molecule has 0 aliphatic heterocycles. The summed E-state index contributed by atoms with van der Waals surface area (Å²) in [4.78, 5) is 0. The largest absolute Gasteiger partial charge is 0.203 e. The van der Waals surface area contributed by atoms with Crippen LogP contribution in [0.3, 0.4) is 0 Å². The van der Waals surface area contributed by atoms with Crippen LogP contribution < -0.4 is 0 Å². The highest BCUT2D eigenvalue weighted by molar-refractivity contribution is 5.74. The molecule has 4 heteroatoms. The Morgan fingerprint density at radius 3 is 1.87 bits per heavy atom. The average molecular weight is 521 g/mol. The third kappa shape index (κ3) is 6.28. The minimum absolute atomic E-state index is 0.138. The van der Waals surface area contributed by atoms with Crippen LogP contribution in [-0.2, 0) is 6.42 Å². The van der Waals surface area contributed by atoms with Gasteiger partial charge in [-0.1, -0.05) is 99.7 Å². The zero-order valence-electron chi connectivity index (χ0n) is 22.1. The van der Waals surface area contributed by atoms with E-state index in [0.29, 0.717) is 41.0 Å². The van der Waals surface area contributed by atoms with E-state index in [4.69, 9.17) is 0 Å². The predicted molar refractivity (Wildman–Crippen MR) is 150 cm³/mol. The van der Waals surface area contributed by atoms with E-state index in [1.807, 2.05) is 12.2 Å². The van der Waals surface area contributed by atoms with Gasteiger partial charge in [0, 0.05) is 16.7 Å². The van der Waals surface area contributed by atoms with Crippen molar-refractivity contribution < 1.29 is 17.6 Å². The molecule has 0 fully saturated rings. The number of unbranched alkanes of at least 4 members (excludes halogenated alkanes) is 5. The number of hydrogen-bond acceptors (Lipinski definition) is 0. The summed E-state index contributed by atoms with van der Waals surface area (Å²) in [6, 6.07) is 12.9. The summed E-state index contributed by atoms with van der Waals surface area (Å²) in [6.07, 6.45) is 13.2. The van der Waals surface area contributed by atoms with E-state index in [0.717, 1.165) is 37.7 Å². The minimum atomic E-state index is -0.904. The molecule has 0 N–H and O–H groups in total. The van der Waals surface area contributed by atoms with Crippen molar-refractivity contribution in [2.75, 3.05) is 0 Å². The lowest BCUT2D eigenvalue weighted by atomic mass is 9.86. The topological polar surface area (TPSA) is 0 Å². The highest BCUT2D eigenvalue weighted by Crippen LogP contribution is 2.36. The Balaban J connectivity index is 1.48. The summed E-state index contributed by atoms with van der Waals surface area (Å²) in [5.41, 5.74) is 2.76. The van der Waals surface area contributed by atoms with E-state index in [1.165, 1.54) is 19.3 Å².